The molecule has 17 heavy (non-hydrogen) atoms. The topological polar surface area (TPSA) is 79.8 Å². The van der Waals surface area contributed by atoms with Gasteiger partial charge in [0.25, 0.3) is 5.91 Å². The van der Waals surface area contributed by atoms with Gasteiger partial charge in [-0.3, -0.25) is 15.1 Å². The zero-order valence-corrected chi connectivity index (χ0v) is 10.5. The second-order valence-electron chi connectivity index (χ2n) is 3.42. The Labute approximate surface area is 100 Å². The summed E-state index contributed by atoms with van der Waals surface area (Å²) in [6, 6.07) is 0. The molecule has 0 saturated heterocycles. The third kappa shape index (κ3) is 5.05. The van der Waals surface area contributed by atoms with E-state index in [2.05, 4.69) is 21.9 Å². The number of allylic oxidation sites excluding steroid dienone is 2. The average Bonchev–Trinajstić information content (AvgIpc) is 2.24. The number of rotatable bonds is 3. The van der Waals surface area contributed by atoms with E-state index in [1.54, 1.807) is 13.8 Å². The molecule has 94 valence electrons. The number of nitrogens with zero attached hydrogens (tertiary/aromatic N) is 2. The van der Waals surface area contributed by atoms with Crippen molar-refractivity contribution in [1.82, 2.24) is 5.32 Å². The Kier molecular flexibility index (Phi) is 5.80. The van der Waals surface area contributed by atoms with E-state index in [0.717, 1.165) is 6.92 Å². The molecule has 0 spiro atoms. The molecule has 0 radical (unpaired) electrons. The fourth-order valence-corrected chi connectivity index (χ4v) is 0.779. The van der Waals surface area contributed by atoms with Crippen LogP contribution in [-0.2, 0) is 4.79 Å². The summed E-state index contributed by atoms with van der Waals surface area (Å²) >= 11 is 0. The number of guanidine groups is 1. The fourth-order valence-electron chi connectivity index (χ4n) is 0.779. The van der Waals surface area contributed by atoms with Gasteiger partial charge in [-0.2, -0.15) is 0 Å². The molecule has 0 rings (SSSR count). The van der Waals surface area contributed by atoms with E-state index in [0.29, 0.717) is 11.3 Å². The molecule has 0 aliphatic carbocycles. The molecule has 0 fully saturated rings. The van der Waals surface area contributed by atoms with E-state index in [-0.39, 0.29) is 11.7 Å². The Bertz CT molecular complexity index is 417. The van der Waals surface area contributed by atoms with Crippen LogP contribution in [0.4, 0.5) is 4.39 Å². The van der Waals surface area contributed by atoms with Crippen molar-refractivity contribution in [3.63, 3.8) is 0 Å². The lowest BCUT2D eigenvalue weighted by Gasteiger charge is -2.06. The molecule has 0 aromatic rings. The summed E-state index contributed by atoms with van der Waals surface area (Å²) in [6.45, 7) is 8.14. The minimum atomic E-state index is -0.742. The fraction of sp³-hybridized carbons (Fsp3) is 0.364. The summed E-state index contributed by atoms with van der Waals surface area (Å²) in [4.78, 5) is 19.0. The van der Waals surface area contributed by atoms with Crippen molar-refractivity contribution in [2.75, 3.05) is 7.05 Å². The summed E-state index contributed by atoms with van der Waals surface area (Å²) in [7, 11) is 1.41. The highest BCUT2D eigenvalue weighted by molar-refractivity contribution is 6.07. The van der Waals surface area contributed by atoms with Crippen LogP contribution in [0.15, 0.2) is 33.7 Å². The molecular formula is C11H17FN4O. The third-order valence-corrected chi connectivity index (χ3v) is 1.92. The molecule has 0 aromatic carbocycles. The molecule has 0 aliphatic heterocycles. The molecule has 0 atom stereocenters. The minimum absolute atomic E-state index is 0.100. The molecule has 0 aliphatic rings. The molecule has 6 heteroatoms. The maximum Gasteiger partial charge on any atom is 0.279 e. The summed E-state index contributed by atoms with van der Waals surface area (Å²) in [5, 5.41) is 2.21. The Morgan fingerprint density at radius 2 is 1.88 bits per heavy atom. The zero-order chi connectivity index (χ0) is 13.6. The van der Waals surface area contributed by atoms with Crippen molar-refractivity contribution >= 4 is 17.6 Å². The largest absolute Gasteiger partial charge is 0.370 e. The van der Waals surface area contributed by atoms with Crippen molar-refractivity contribution in [2.45, 2.75) is 20.8 Å². The standard InChI is InChI=1S/C11H17FN4O/c1-6(2)8(4)15-9(7(3)12)10(17)16-11(13)14-5/h1H2,2-5H3,(H3,13,14,16,17)/b9-7+,15-8?. The van der Waals surface area contributed by atoms with Gasteiger partial charge in [0.05, 0.1) is 0 Å². The van der Waals surface area contributed by atoms with E-state index >= 15 is 0 Å². The van der Waals surface area contributed by atoms with E-state index in [1.165, 1.54) is 7.05 Å². The van der Waals surface area contributed by atoms with E-state index in [4.69, 9.17) is 5.73 Å². The Hall–Kier alpha value is -1.98. The highest BCUT2D eigenvalue weighted by atomic mass is 19.1. The number of hydrogen-bond donors (Lipinski definition) is 2. The van der Waals surface area contributed by atoms with Crippen LogP contribution in [0.25, 0.3) is 0 Å². The zero-order valence-electron chi connectivity index (χ0n) is 10.5. The van der Waals surface area contributed by atoms with Crippen LogP contribution in [0, 0.1) is 0 Å². The van der Waals surface area contributed by atoms with E-state index in [9.17, 15) is 9.18 Å². The number of carbonyl (C=O) groups excluding carboxylic acids is 1. The quantitative estimate of drug-likeness (QED) is 0.443. The second kappa shape index (κ2) is 6.57. The lowest BCUT2D eigenvalue weighted by molar-refractivity contribution is -0.116. The molecule has 0 aromatic heterocycles. The van der Waals surface area contributed by atoms with Gasteiger partial charge in [-0.25, -0.2) is 9.38 Å². The summed E-state index contributed by atoms with van der Waals surface area (Å²) in [6.07, 6.45) is 0. The molecule has 3 N–H and O–H groups in total. The van der Waals surface area contributed by atoms with Gasteiger partial charge in [-0.1, -0.05) is 6.58 Å². The first-order valence-corrected chi connectivity index (χ1v) is 4.90. The van der Waals surface area contributed by atoms with Crippen LogP contribution < -0.4 is 11.1 Å². The van der Waals surface area contributed by atoms with Gasteiger partial charge in [0.15, 0.2) is 11.7 Å². The van der Waals surface area contributed by atoms with Crippen LogP contribution in [0.5, 0.6) is 0 Å². The Balaban J connectivity index is 5.18. The second-order valence-corrected chi connectivity index (χ2v) is 3.42. The maximum absolute atomic E-state index is 13.2. The number of nitrogens with two attached hydrogens (primary N) is 1. The molecule has 0 heterocycles. The van der Waals surface area contributed by atoms with Crippen LogP contribution in [0.2, 0.25) is 0 Å². The minimum Gasteiger partial charge on any atom is -0.370 e. The van der Waals surface area contributed by atoms with Crippen molar-refractivity contribution in [2.24, 2.45) is 15.7 Å². The molecule has 0 unspecified atom stereocenters. The van der Waals surface area contributed by atoms with Gasteiger partial charge in [-0.15, -0.1) is 0 Å². The van der Waals surface area contributed by atoms with Crippen molar-refractivity contribution in [3.05, 3.63) is 23.7 Å². The van der Waals surface area contributed by atoms with Gasteiger partial charge >= 0.3 is 0 Å². The van der Waals surface area contributed by atoms with Crippen molar-refractivity contribution in [3.8, 4) is 0 Å². The Morgan fingerprint density at radius 1 is 1.35 bits per heavy atom. The highest BCUT2D eigenvalue weighted by Gasteiger charge is 2.14. The van der Waals surface area contributed by atoms with Gasteiger partial charge in [0.2, 0.25) is 0 Å². The van der Waals surface area contributed by atoms with Crippen molar-refractivity contribution < 1.29 is 9.18 Å². The van der Waals surface area contributed by atoms with Gasteiger partial charge in [-0.05, 0) is 26.3 Å². The number of aliphatic imine (C=N–C) groups is 2. The highest BCUT2D eigenvalue weighted by Crippen LogP contribution is 2.09. The van der Waals surface area contributed by atoms with E-state index in [1.807, 2.05) is 0 Å². The van der Waals surface area contributed by atoms with Gasteiger partial charge < -0.3 is 5.73 Å². The number of amides is 1. The number of nitrogens with one attached hydrogen (secondary N) is 1. The molecule has 0 saturated carbocycles. The molecular weight excluding hydrogens is 223 g/mol. The van der Waals surface area contributed by atoms with Crippen molar-refractivity contribution in [1.29, 1.82) is 0 Å². The summed E-state index contributed by atoms with van der Waals surface area (Å²) in [5.74, 6) is -1.54. The average molecular weight is 240 g/mol. The van der Waals surface area contributed by atoms with Gasteiger partial charge in [0, 0.05) is 12.8 Å². The van der Waals surface area contributed by atoms with Crippen LogP contribution in [-0.4, -0.2) is 24.6 Å². The predicted molar refractivity (Wildman–Crippen MR) is 67.4 cm³/mol. The first-order valence-electron chi connectivity index (χ1n) is 4.90. The molecule has 0 bridgehead atoms. The van der Waals surface area contributed by atoms with Crippen LogP contribution in [0.3, 0.4) is 0 Å². The lowest BCUT2D eigenvalue weighted by atomic mass is 10.2. The number of hydrogen-bond acceptors (Lipinski definition) is 3. The predicted octanol–water partition coefficient (Wildman–Crippen LogP) is 1.29. The summed E-state index contributed by atoms with van der Waals surface area (Å²) < 4.78 is 13.2. The van der Waals surface area contributed by atoms with E-state index < -0.39 is 11.7 Å². The Morgan fingerprint density at radius 3 is 2.24 bits per heavy atom. The first kappa shape index (κ1) is 15.0. The maximum atomic E-state index is 13.2. The molecule has 1 amide bonds. The first-order chi connectivity index (χ1) is 7.79. The number of carbonyl (C=O) groups is 1. The normalized spacial score (nSPS) is 14.2. The smallest absolute Gasteiger partial charge is 0.279 e. The van der Waals surface area contributed by atoms with Crippen LogP contribution in [0.1, 0.15) is 20.8 Å². The molecule has 5 nitrogen and oxygen atoms in total. The SMILES string of the molecule is C=C(C)C(C)=N/C(C(=O)NC(N)=NC)=C(\C)F. The monoisotopic (exact) mass is 240 g/mol. The third-order valence-electron chi connectivity index (χ3n) is 1.92. The number of halogens is 1. The summed E-state index contributed by atoms with van der Waals surface area (Å²) in [5.41, 5.74) is 6.09. The lowest BCUT2D eigenvalue weighted by Crippen LogP contribution is -2.37. The van der Waals surface area contributed by atoms with Gasteiger partial charge in [0.1, 0.15) is 5.83 Å². The van der Waals surface area contributed by atoms with Crippen LogP contribution >= 0.6 is 0 Å².